The second kappa shape index (κ2) is 6.90. The average Bonchev–Trinajstić information content (AvgIpc) is 3.00. The van der Waals surface area contributed by atoms with E-state index in [0.717, 1.165) is 36.9 Å². The first-order valence-electron chi connectivity index (χ1n) is 9.17. The Morgan fingerprint density at radius 3 is 2.77 bits per heavy atom. The maximum absolute atomic E-state index is 13.7. The van der Waals surface area contributed by atoms with E-state index in [1.54, 1.807) is 6.07 Å². The molecule has 0 unspecified atom stereocenters. The summed E-state index contributed by atoms with van der Waals surface area (Å²) in [5.41, 5.74) is 3.08. The highest BCUT2D eigenvalue weighted by atomic mass is 19.1. The molecule has 3 aromatic rings. The van der Waals surface area contributed by atoms with Crippen LogP contribution < -0.4 is 5.32 Å². The van der Waals surface area contributed by atoms with Crippen molar-refractivity contribution in [3.05, 3.63) is 54.0 Å². The number of carbonyl (C=O) groups is 1. The molecular formula is C21H22FN3O. The van der Waals surface area contributed by atoms with E-state index in [4.69, 9.17) is 0 Å². The number of hydrogen-bond donors (Lipinski definition) is 1. The zero-order chi connectivity index (χ0) is 18.1. The molecule has 0 saturated heterocycles. The van der Waals surface area contributed by atoms with Gasteiger partial charge in [-0.1, -0.05) is 31.4 Å². The maximum atomic E-state index is 13.7. The van der Waals surface area contributed by atoms with Gasteiger partial charge in [-0.25, -0.2) is 9.37 Å². The molecule has 1 amide bonds. The maximum Gasteiger partial charge on any atom is 0.228 e. The Kier molecular flexibility index (Phi) is 4.45. The Morgan fingerprint density at radius 1 is 1.19 bits per heavy atom. The SMILES string of the molecule is Cc1ccn2c(NC(=O)C3CCCCC3)c(-c3cccc(F)c3)nc2c1. The number of benzene rings is 1. The fourth-order valence-corrected chi connectivity index (χ4v) is 3.69. The van der Waals surface area contributed by atoms with Gasteiger partial charge in [0.25, 0.3) is 0 Å². The number of pyridine rings is 1. The van der Waals surface area contributed by atoms with Gasteiger partial charge in [0.05, 0.1) is 0 Å². The molecule has 0 atom stereocenters. The lowest BCUT2D eigenvalue weighted by atomic mass is 9.88. The van der Waals surface area contributed by atoms with Crippen molar-refractivity contribution >= 4 is 17.4 Å². The van der Waals surface area contributed by atoms with Gasteiger partial charge in [-0.3, -0.25) is 9.20 Å². The highest BCUT2D eigenvalue weighted by Gasteiger charge is 2.24. The smallest absolute Gasteiger partial charge is 0.228 e. The third kappa shape index (κ3) is 3.21. The van der Waals surface area contributed by atoms with Gasteiger partial charge < -0.3 is 5.32 Å². The van der Waals surface area contributed by atoms with E-state index in [-0.39, 0.29) is 17.6 Å². The third-order valence-electron chi connectivity index (χ3n) is 5.10. The summed E-state index contributed by atoms with van der Waals surface area (Å²) in [6.07, 6.45) is 7.15. The van der Waals surface area contributed by atoms with Crippen LogP contribution in [0.5, 0.6) is 0 Å². The summed E-state index contributed by atoms with van der Waals surface area (Å²) in [5.74, 6) is 0.367. The lowest BCUT2D eigenvalue weighted by Crippen LogP contribution is -2.25. The lowest BCUT2D eigenvalue weighted by Gasteiger charge is -2.21. The average molecular weight is 351 g/mol. The molecule has 4 nitrogen and oxygen atoms in total. The van der Waals surface area contributed by atoms with Crippen molar-refractivity contribution in [2.24, 2.45) is 5.92 Å². The van der Waals surface area contributed by atoms with Crippen LogP contribution in [-0.2, 0) is 4.79 Å². The van der Waals surface area contributed by atoms with E-state index < -0.39 is 0 Å². The minimum absolute atomic E-state index is 0.0322. The van der Waals surface area contributed by atoms with E-state index >= 15 is 0 Å². The molecule has 1 aliphatic rings. The van der Waals surface area contributed by atoms with Crippen molar-refractivity contribution in [3.63, 3.8) is 0 Å². The number of aryl methyl sites for hydroxylation is 1. The predicted octanol–water partition coefficient (Wildman–Crippen LogP) is 4.97. The van der Waals surface area contributed by atoms with Crippen LogP contribution in [0.15, 0.2) is 42.6 Å². The van der Waals surface area contributed by atoms with Gasteiger partial charge in [0.1, 0.15) is 23.0 Å². The van der Waals surface area contributed by atoms with Crippen molar-refractivity contribution in [2.45, 2.75) is 39.0 Å². The number of anilines is 1. The molecular weight excluding hydrogens is 329 g/mol. The number of hydrogen-bond acceptors (Lipinski definition) is 2. The summed E-state index contributed by atoms with van der Waals surface area (Å²) in [6.45, 7) is 2.00. The van der Waals surface area contributed by atoms with Crippen molar-refractivity contribution < 1.29 is 9.18 Å². The first-order valence-corrected chi connectivity index (χ1v) is 9.17. The Labute approximate surface area is 152 Å². The van der Waals surface area contributed by atoms with Crippen LogP contribution in [0.2, 0.25) is 0 Å². The number of imidazole rings is 1. The highest BCUT2D eigenvalue weighted by molar-refractivity contribution is 5.96. The van der Waals surface area contributed by atoms with Crippen LogP contribution in [0.4, 0.5) is 10.2 Å². The normalized spacial score (nSPS) is 15.3. The molecule has 5 heteroatoms. The van der Waals surface area contributed by atoms with Crippen LogP contribution >= 0.6 is 0 Å². The van der Waals surface area contributed by atoms with E-state index in [0.29, 0.717) is 17.1 Å². The number of rotatable bonds is 3. The molecule has 0 radical (unpaired) electrons. The highest BCUT2D eigenvalue weighted by Crippen LogP contribution is 2.31. The standard InChI is InChI=1S/C21H22FN3O/c1-14-10-11-25-18(12-14)23-19(16-8-5-9-17(22)13-16)20(25)24-21(26)15-6-3-2-4-7-15/h5,8-13,15H,2-4,6-7H2,1H3,(H,24,26). The van der Waals surface area contributed by atoms with Crippen molar-refractivity contribution in [2.75, 3.05) is 5.32 Å². The number of nitrogens with one attached hydrogen (secondary N) is 1. The van der Waals surface area contributed by atoms with Gasteiger partial charge in [-0.05, 0) is 49.6 Å². The molecule has 0 spiro atoms. The van der Waals surface area contributed by atoms with Gasteiger partial charge in [0.2, 0.25) is 5.91 Å². The second-order valence-electron chi connectivity index (χ2n) is 7.08. The second-order valence-corrected chi connectivity index (χ2v) is 7.08. The molecule has 1 saturated carbocycles. The molecule has 26 heavy (non-hydrogen) atoms. The van der Waals surface area contributed by atoms with Crippen LogP contribution in [0.3, 0.4) is 0 Å². The van der Waals surface area contributed by atoms with Crippen LogP contribution in [-0.4, -0.2) is 15.3 Å². The summed E-state index contributed by atoms with van der Waals surface area (Å²) in [4.78, 5) is 17.5. The minimum Gasteiger partial charge on any atom is -0.310 e. The minimum atomic E-state index is -0.319. The molecule has 4 rings (SSSR count). The Morgan fingerprint density at radius 2 is 2.00 bits per heavy atom. The molecule has 1 aromatic carbocycles. The summed E-state index contributed by atoms with van der Waals surface area (Å²) < 4.78 is 15.6. The lowest BCUT2D eigenvalue weighted by molar-refractivity contribution is -0.120. The number of carbonyl (C=O) groups excluding carboxylic acids is 1. The Hall–Kier alpha value is -2.69. The molecule has 134 valence electrons. The van der Waals surface area contributed by atoms with Gasteiger partial charge in [0, 0.05) is 17.7 Å². The Bertz CT molecular complexity index is 957. The fourth-order valence-electron chi connectivity index (χ4n) is 3.69. The van der Waals surface area contributed by atoms with Gasteiger partial charge in [-0.2, -0.15) is 0 Å². The zero-order valence-electron chi connectivity index (χ0n) is 14.8. The fraction of sp³-hybridized carbons (Fsp3) is 0.333. The van der Waals surface area contributed by atoms with Crippen LogP contribution in [0.1, 0.15) is 37.7 Å². The van der Waals surface area contributed by atoms with E-state index in [1.807, 2.05) is 35.7 Å². The van der Waals surface area contributed by atoms with Crippen LogP contribution in [0, 0.1) is 18.7 Å². The third-order valence-corrected chi connectivity index (χ3v) is 5.10. The molecule has 1 aliphatic carbocycles. The van der Waals surface area contributed by atoms with Crippen molar-refractivity contribution in [3.8, 4) is 11.3 Å². The number of aromatic nitrogens is 2. The van der Waals surface area contributed by atoms with E-state index in [1.165, 1.54) is 18.6 Å². The largest absolute Gasteiger partial charge is 0.310 e. The number of amides is 1. The predicted molar refractivity (Wildman–Crippen MR) is 101 cm³/mol. The molecule has 1 fully saturated rings. The first kappa shape index (κ1) is 16.8. The molecule has 1 N–H and O–H groups in total. The van der Waals surface area contributed by atoms with E-state index in [9.17, 15) is 9.18 Å². The zero-order valence-corrected chi connectivity index (χ0v) is 14.8. The summed E-state index contributed by atoms with van der Waals surface area (Å²) in [5, 5.41) is 3.08. The number of fused-ring (bicyclic) bond motifs is 1. The van der Waals surface area contributed by atoms with Crippen molar-refractivity contribution in [1.82, 2.24) is 9.38 Å². The molecule has 0 aliphatic heterocycles. The van der Waals surface area contributed by atoms with Gasteiger partial charge in [0.15, 0.2) is 0 Å². The number of nitrogens with zero attached hydrogens (tertiary/aromatic N) is 2. The van der Waals surface area contributed by atoms with Crippen LogP contribution in [0.25, 0.3) is 16.9 Å². The van der Waals surface area contributed by atoms with Gasteiger partial charge in [-0.15, -0.1) is 0 Å². The topological polar surface area (TPSA) is 46.4 Å². The quantitative estimate of drug-likeness (QED) is 0.724. The summed E-state index contributed by atoms with van der Waals surface area (Å²) in [7, 11) is 0. The number of halogens is 1. The van der Waals surface area contributed by atoms with Crippen molar-refractivity contribution in [1.29, 1.82) is 0 Å². The Balaban J connectivity index is 1.78. The first-order chi connectivity index (χ1) is 12.6. The monoisotopic (exact) mass is 351 g/mol. The van der Waals surface area contributed by atoms with E-state index in [2.05, 4.69) is 10.3 Å². The molecule has 2 aromatic heterocycles. The summed E-state index contributed by atoms with van der Waals surface area (Å²) >= 11 is 0. The summed E-state index contributed by atoms with van der Waals surface area (Å²) in [6, 6.07) is 10.3. The molecule has 2 heterocycles. The van der Waals surface area contributed by atoms with Gasteiger partial charge >= 0.3 is 0 Å². The molecule has 0 bridgehead atoms.